The number of imidazole rings is 1. The summed E-state index contributed by atoms with van der Waals surface area (Å²) in [6.45, 7) is 1.72. The van der Waals surface area contributed by atoms with Crippen molar-refractivity contribution in [1.29, 1.82) is 0 Å². The van der Waals surface area contributed by atoms with Crippen LogP contribution >= 0.6 is 23.2 Å². The van der Waals surface area contributed by atoms with Crippen molar-refractivity contribution in [1.82, 2.24) is 19.1 Å². The van der Waals surface area contributed by atoms with Gasteiger partial charge in [0.05, 0.1) is 19.8 Å². The molecule has 3 heterocycles. The van der Waals surface area contributed by atoms with Gasteiger partial charge in [-0.1, -0.05) is 23.7 Å². The molecule has 2 aromatic heterocycles. The number of rotatable bonds is 6. The zero-order valence-electron chi connectivity index (χ0n) is 19.3. The molecule has 13 heteroatoms. The highest BCUT2D eigenvalue weighted by atomic mass is 35.5. The fourth-order valence-electron chi connectivity index (χ4n) is 4.14. The van der Waals surface area contributed by atoms with Crippen LogP contribution in [0.4, 0.5) is 20.3 Å². The number of carbonyl (C=O) groups excluding carboxylic acids is 1. The Morgan fingerprint density at radius 2 is 1.73 bits per heavy atom. The van der Waals surface area contributed by atoms with Crippen LogP contribution in [-0.2, 0) is 22.6 Å². The highest BCUT2D eigenvalue weighted by Gasteiger charge is 2.25. The Hall–Kier alpha value is -3.54. The second kappa shape index (κ2) is 10.4. The number of nitrogens with zero attached hydrogens (tertiary/aromatic N) is 5. The number of nitrogens with one attached hydrogen (secondary N) is 1. The van der Waals surface area contributed by atoms with Crippen molar-refractivity contribution < 1.29 is 18.3 Å². The Morgan fingerprint density at radius 3 is 2.43 bits per heavy atom. The minimum atomic E-state index is -1.11. The van der Waals surface area contributed by atoms with Gasteiger partial charge in [-0.2, -0.15) is 9.97 Å². The summed E-state index contributed by atoms with van der Waals surface area (Å²) in [7, 11) is 0. The molecule has 2 aromatic carbocycles. The Kier molecular flexibility index (Phi) is 7.09. The monoisotopic (exact) mass is 548 g/mol. The summed E-state index contributed by atoms with van der Waals surface area (Å²) in [5.41, 5.74) is 0.896. The van der Waals surface area contributed by atoms with Crippen LogP contribution in [0, 0.1) is 11.6 Å². The second-order valence-electron chi connectivity index (χ2n) is 8.35. The highest BCUT2D eigenvalue weighted by Crippen LogP contribution is 2.27. The van der Waals surface area contributed by atoms with Crippen LogP contribution in [0.2, 0.25) is 10.3 Å². The van der Waals surface area contributed by atoms with Gasteiger partial charge in [-0.3, -0.25) is 13.9 Å². The van der Waals surface area contributed by atoms with Crippen molar-refractivity contribution in [3.8, 4) is 0 Å². The van der Waals surface area contributed by atoms with E-state index >= 15 is 0 Å². The largest absolute Gasteiger partial charge is 0.378 e. The zero-order valence-corrected chi connectivity index (χ0v) is 20.8. The Bertz CT molecular complexity index is 1530. The van der Waals surface area contributed by atoms with Gasteiger partial charge in [0, 0.05) is 29.9 Å². The van der Waals surface area contributed by atoms with Gasteiger partial charge in [0.15, 0.2) is 23.1 Å². The summed E-state index contributed by atoms with van der Waals surface area (Å²) in [5.74, 6) is -2.34. The summed E-state index contributed by atoms with van der Waals surface area (Å²) in [4.78, 5) is 37.1. The Balaban J connectivity index is 1.59. The number of morpholine rings is 1. The number of hydrogen-bond donors (Lipinski definition) is 1. The number of aromatic nitrogens is 4. The molecule has 1 N–H and O–H groups in total. The molecule has 4 aromatic rings. The van der Waals surface area contributed by atoms with E-state index < -0.39 is 29.8 Å². The van der Waals surface area contributed by atoms with E-state index in [1.807, 2.05) is 4.90 Å². The lowest BCUT2D eigenvalue weighted by Gasteiger charge is -2.28. The molecule has 37 heavy (non-hydrogen) atoms. The third kappa shape index (κ3) is 5.29. The van der Waals surface area contributed by atoms with Crippen molar-refractivity contribution in [3.63, 3.8) is 0 Å². The van der Waals surface area contributed by atoms with E-state index in [4.69, 9.17) is 27.9 Å². The molecule has 1 aliphatic heterocycles. The van der Waals surface area contributed by atoms with Crippen LogP contribution in [0.3, 0.4) is 0 Å². The number of halogens is 4. The fourth-order valence-corrected chi connectivity index (χ4v) is 4.43. The summed E-state index contributed by atoms with van der Waals surface area (Å²) in [6, 6.07) is 9.99. The Morgan fingerprint density at radius 1 is 1.00 bits per heavy atom. The first-order valence-electron chi connectivity index (χ1n) is 11.3. The number of ether oxygens (including phenoxy) is 1. The van der Waals surface area contributed by atoms with Gasteiger partial charge < -0.3 is 15.0 Å². The summed E-state index contributed by atoms with van der Waals surface area (Å²) < 4.78 is 35.0. The molecule has 9 nitrogen and oxygen atoms in total. The van der Waals surface area contributed by atoms with Gasteiger partial charge in [-0.05, 0) is 41.4 Å². The molecule has 0 unspecified atom stereocenters. The maximum atomic E-state index is 13.6. The average Bonchev–Trinajstić information content (AvgIpc) is 3.13. The lowest BCUT2D eigenvalue weighted by Crippen LogP contribution is -2.37. The standard InChI is InChI=1S/C24H20Cl2F2N6O3/c25-15-3-1-14(2-4-15)12-33-20-21(32-7-9-37-10-8-32)30-23(26)31-22(20)34(24(33)36)13-19(35)29-16-5-6-17(27)18(28)11-16/h1-6,11H,7-10,12-13H2,(H,29,35). The molecule has 192 valence electrons. The van der Waals surface area contributed by atoms with Crippen LogP contribution in [0.25, 0.3) is 11.2 Å². The fraction of sp³-hybridized carbons (Fsp3) is 0.250. The van der Waals surface area contributed by atoms with Crippen molar-refractivity contribution in [2.24, 2.45) is 0 Å². The van der Waals surface area contributed by atoms with Crippen LogP contribution in [0.1, 0.15) is 5.56 Å². The van der Waals surface area contributed by atoms with Crippen LogP contribution in [0.15, 0.2) is 47.3 Å². The van der Waals surface area contributed by atoms with Gasteiger partial charge in [0.2, 0.25) is 11.2 Å². The van der Waals surface area contributed by atoms with Gasteiger partial charge in [0.25, 0.3) is 0 Å². The van der Waals surface area contributed by atoms with Gasteiger partial charge in [-0.25, -0.2) is 13.6 Å². The normalized spacial score (nSPS) is 13.8. The molecule has 0 radical (unpaired) electrons. The van der Waals surface area contributed by atoms with Crippen LogP contribution in [-0.4, -0.2) is 51.3 Å². The molecular weight excluding hydrogens is 529 g/mol. The zero-order chi connectivity index (χ0) is 26.1. The number of carbonyl (C=O) groups is 1. The van der Waals surface area contributed by atoms with Crippen molar-refractivity contribution in [2.45, 2.75) is 13.1 Å². The van der Waals surface area contributed by atoms with Gasteiger partial charge >= 0.3 is 5.69 Å². The Labute approximate surface area is 219 Å². The minimum Gasteiger partial charge on any atom is -0.378 e. The number of fused-ring (bicyclic) bond motifs is 1. The smallest absolute Gasteiger partial charge is 0.331 e. The summed E-state index contributed by atoms with van der Waals surface area (Å²) >= 11 is 12.3. The second-order valence-corrected chi connectivity index (χ2v) is 9.12. The van der Waals surface area contributed by atoms with Crippen molar-refractivity contribution in [3.05, 3.63) is 80.5 Å². The molecule has 1 amide bonds. The quantitative estimate of drug-likeness (QED) is 0.369. The van der Waals surface area contributed by atoms with E-state index in [1.165, 1.54) is 15.2 Å². The van der Waals surface area contributed by atoms with Crippen molar-refractivity contribution >= 4 is 51.8 Å². The molecule has 0 aliphatic carbocycles. The lowest BCUT2D eigenvalue weighted by molar-refractivity contribution is -0.116. The van der Waals surface area contributed by atoms with Crippen LogP contribution < -0.4 is 15.9 Å². The first kappa shape index (κ1) is 25.1. The summed E-state index contributed by atoms with van der Waals surface area (Å²) in [5, 5.41) is 2.94. The molecule has 0 atom stereocenters. The molecule has 1 saturated heterocycles. The molecular formula is C24H20Cl2F2N6O3. The number of benzene rings is 2. The third-order valence-corrected chi connectivity index (χ3v) is 6.30. The number of amides is 1. The molecule has 1 fully saturated rings. The molecule has 1 aliphatic rings. The molecule has 5 rings (SSSR count). The highest BCUT2D eigenvalue weighted by molar-refractivity contribution is 6.30. The van der Waals surface area contributed by atoms with E-state index in [0.717, 1.165) is 17.7 Å². The van der Waals surface area contributed by atoms with Gasteiger partial charge in [-0.15, -0.1) is 0 Å². The third-order valence-electron chi connectivity index (χ3n) is 5.88. The van der Waals surface area contributed by atoms with Crippen molar-refractivity contribution in [2.75, 3.05) is 36.5 Å². The van der Waals surface area contributed by atoms with E-state index in [2.05, 4.69) is 15.3 Å². The minimum absolute atomic E-state index is 0.0449. The number of hydrogen-bond acceptors (Lipinski definition) is 6. The maximum Gasteiger partial charge on any atom is 0.331 e. The number of anilines is 2. The van der Waals surface area contributed by atoms with Gasteiger partial charge in [0.1, 0.15) is 12.1 Å². The molecule has 0 spiro atoms. The average molecular weight is 549 g/mol. The first-order chi connectivity index (χ1) is 17.8. The predicted octanol–water partition coefficient (Wildman–Crippen LogP) is 3.70. The SMILES string of the molecule is O=C(Cn1c(=O)n(Cc2ccc(Cl)cc2)c2c(N3CCOCC3)nc(Cl)nc21)Nc1ccc(F)c(F)c1. The lowest BCUT2D eigenvalue weighted by atomic mass is 10.2. The predicted molar refractivity (Wildman–Crippen MR) is 135 cm³/mol. The van der Waals surface area contributed by atoms with Crippen LogP contribution in [0.5, 0.6) is 0 Å². The maximum absolute atomic E-state index is 13.6. The molecule has 0 saturated carbocycles. The summed E-state index contributed by atoms with van der Waals surface area (Å²) in [6.07, 6.45) is 0. The van der Waals surface area contributed by atoms with E-state index in [1.54, 1.807) is 24.3 Å². The first-order valence-corrected chi connectivity index (χ1v) is 12.0. The topological polar surface area (TPSA) is 94.3 Å². The van der Waals surface area contributed by atoms with E-state index in [-0.39, 0.29) is 23.2 Å². The van der Waals surface area contributed by atoms with E-state index in [0.29, 0.717) is 42.7 Å². The molecule has 0 bridgehead atoms. The van der Waals surface area contributed by atoms with E-state index in [9.17, 15) is 18.4 Å².